The van der Waals surface area contributed by atoms with E-state index in [-0.39, 0.29) is 23.2 Å². The van der Waals surface area contributed by atoms with Gasteiger partial charge in [-0.15, -0.1) is 0 Å². The van der Waals surface area contributed by atoms with Crippen LogP contribution in [0.3, 0.4) is 0 Å². The molecule has 0 spiro atoms. The Morgan fingerprint density at radius 2 is 2.44 bits per heavy atom. The number of esters is 1. The summed E-state index contributed by atoms with van der Waals surface area (Å²) in [5, 5.41) is 3.09. The molecule has 0 aliphatic carbocycles. The van der Waals surface area contributed by atoms with Gasteiger partial charge in [-0.25, -0.2) is 9.37 Å². The van der Waals surface area contributed by atoms with Gasteiger partial charge in [0.25, 0.3) is 0 Å². The van der Waals surface area contributed by atoms with E-state index in [9.17, 15) is 9.18 Å². The van der Waals surface area contributed by atoms with Crippen LogP contribution in [0.4, 0.5) is 4.39 Å². The summed E-state index contributed by atoms with van der Waals surface area (Å²) in [5.41, 5.74) is 0.320. The third-order valence-electron chi connectivity index (χ3n) is 2.89. The van der Waals surface area contributed by atoms with Crippen molar-refractivity contribution in [2.45, 2.75) is 31.9 Å². The Morgan fingerprint density at radius 1 is 1.61 bits per heavy atom. The van der Waals surface area contributed by atoms with Crippen molar-refractivity contribution in [3.05, 3.63) is 28.2 Å². The molecule has 0 saturated carbocycles. The van der Waals surface area contributed by atoms with E-state index < -0.39 is 5.82 Å². The molecule has 0 radical (unpaired) electrons. The van der Waals surface area contributed by atoms with Gasteiger partial charge in [-0.1, -0.05) is 6.42 Å². The molecule has 1 fully saturated rings. The molecule has 1 N–H and O–H groups in total. The van der Waals surface area contributed by atoms with Crippen molar-refractivity contribution in [1.29, 1.82) is 0 Å². The van der Waals surface area contributed by atoms with Crippen LogP contribution in [-0.2, 0) is 16.1 Å². The molecular formula is C12H14BrFN2O2. The second-order valence-electron chi connectivity index (χ2n) is 4.19. The maximum Gasteiger partial charge on any atom is 0.323 e. The van der Waals surface area contributed by atoms with Crippen LogP contribution in [-0.4, -0.2) is 23.5 Å². The number of hydrogen-bond donors (Lipinski definition) is 1. The Bertz CT molecular complexity index is 436. The fourth-order valence-electron chi connectivity index (χ4n) is 1.87. The molecule has 98 valence electrons. The number of aromatic nitrogens is 1. The fourth-order valence-corrected chi connectivity index (χ4v) is 2.24. The molecule has 1 atom stereocenters. The van der Waals surface area contributed by atoms with E-state index in [1.807, 2.05) is 0 Å². The Kier molecular flexibility index (Phi) is 4.66. The number of carbonyl (C=O) groups is 1. The molecule has 1 aromatic rings. The first-order valence-corrected chi connectivity index (χ1v) is 6.66. The van der Waals surface area contributed by atoms with Crippen molar-refractivity contribution in [1.82, 2.24) is 10.3 Å². The lowest BCUT2D eigenvalue weighted by Gasteiger charge is -2.21. The predicted molar refractivity (Wildman–Crippen MR) is 67.3 cm³/mol. The first kappa shape index (κ1) is 13.4. The van der Waals surface area contributed by atoms with Crippen LogP contribution in [0.2, 0.25) is 0 Å². The van der Waals surface area contributed by atoms with Crippen LogP contribution in [0, 0.1) is 5.82 Å². The topological polar surface area (TPSA) is 51.2 Å². The number of halogens is 2. The standard InChI is InChI=1S/C12H14BrFN2O2/c13-11-10(14)8(4-6-16-11)7-18-12(17)9-3-1-2-5-15-9/h4,6,9,15H,1-3,5,7H2. The average molecular weight is 317 g/mol. The first-order chi connectivity index (χ1) is 8.68. The molecule has 0 bridgehead atoms. The number of pyridine rings is 1. The molecule has 2 heterocycles. The fraction of sp³-hybridized carbons (Fsp3) is 0.500. The summed E-state index contributed by atoms with van der Waals surface area (Å²) < 4.78 is 18.8. The van der Waals surface area contributed by atoms with E-state index in [2.05, 4.69) is 26.2 Å². The van der Waals surface area contributed by atoms with Gasteiger partial charge in [-0.3, -0.25) is 4.79 Å². The monoisotopic (exact) mass is 316 g/mol. The van der Waals surface area contributed by atoms with Crippen LogP contribution in [0.5, 0.6) is 0 Å². The molecule has 2 rings (SSSR count). The zero-order valence-electron chi connectivity index (χ0n) is 9.79. The van der Waals surface area contributed by atoms with Crippen LogP contribution in [0.15, 0.2) is 16.9 Å². The summed E-state index contributed by atoms with van der Waals surface area (Å²) in [7, 11) is 0. The van der Waals surface area contributed by atoms with Gasteiger partial charge in [0.15, 0.2) is 5.82 Å². The van der Waals surface area contributed by atoms with E-state index in [0.717, 1.165) is 25.8 Å². The van der Waals surface area contributed by atoms with Crippen molar-refractivity contribution in [2.75, 3.05) is 6.54 Å². The third kappa shape index (κ3) is 3.26. The summed E-state index contributed by atoms with van der Waals surface area (Å²) in [4.78, 5) is 15.5. The third-order valence-corrected chi connectivity index (χ3v) is 3.44. The van der Waals surface area contributed by atoms with Crippen LogP contribution >= 0.6 is 15.9 Å². The highest BCUT2D eigenvalue weighted by atomic mass is 79.9. The Hall–Kier alpha value is -1.01. The van der Waals surface area contributed by atoms with Crippen molar-refractivity contribution < 1.29 is 13.9 Å². The number of rotatable bonds is 3. The molecule has 0 amide bonds. The smallest absolute Gasteiger partial charge is 0.323 e. The summed E-state index contributed by atoms with van der Waals surface area (Å²) in [6.07, 6.45) is 4.34. The van der Waals surface area contributed by atoms with Crippen molar-refractivity contribution in [2.24, 2.45) is 0 Å². The van der Waals surface area contributed by atoms with Gasteiger partial charge in [0.1, 0.15) is 17.3 Å². The van der Waals surface area contributed by atoms with Crippen LogP contribution in [0.25, 0.3) is 0 Å². The summed E-state index contributed by atoms with van der Waals surface area (Å²) in [6, 6.07) is 1.24. The van der Waals surface area contributed by atoms with Crippen LogP contribution in [0.1, 0.15) is 24.8 Å². The van der Waals surface area contributed by atoms with Crippen LogP contribution < -0.4 is 5.32 Å². The largest absolute Gasteiger partial charge is 0.460 e. The van der Waals surface area contributed by atoms with E-state index in [1.54, 1.807) is 0 Å². The second-order valence-corrected chi connectivity index (χ2v) is 4.94. The average Bonchev–Trinajstić information content (AvgIpc) is 2.41. The Labute approximate surface area is 113 Å². The highest BCUT2D eigenvalue weighted by Crippen LogP contribution is 2.17. The zero-order valence-corrected chi connectivity index (χ0v) is 11.4. The van der Waals surface area contributed by atoms with Gasteiger partial charge in [-0.2, -0.15) is 0 Å². The number of nitrogens with one attached hydrogen (secondary N) is 1. The molecule has 1 unspecified atom stereocenters. The molecule has 0 aromatic carbocycles. The lowest BCUT2D eigenvalue weighted by atomic mass is 10.1. The Balaban J connectivity index is 1.90. The minimum absolute atomic E-state index is 0.0655. The van der Waals surface area contributed by atoms with Gasteiger partial charge >= 0.3 is 5.97 Å². The summed E-state index contributed by atoms with van der Waals surface area (Å²) >= 11 is 2.99. The van der Waals surface area contributed by atoms with Gasteiger partial charge in [-0.05, 0) is 41.4 Å². The SMILES string of the molecule is O=C(OCc1ccnc(Br)c1F)C1CCCCN1. The molecule has 6 heteroatoms. The number of nitrogens with zero attached hydrogens (tertiary/aromatic N) is 1. The van der Waals surface area contributed by atoms with Gasteiger partial charge in [0, 0.05) is 11.8 Å². The number of carbonyl (C=O) groups excluding carboxylic acids is 1. The van der Waals surface area contributed by atoms with E-state index >= 15 is 0 Å². The molecule has 1 aliphatic rings. The maximum atomic E-state index is 13.6. The lowest BCUT2D eigenvalue weighted by molar-refractivity contribution is -0.148. The van der Waals surface area contributed by atoms with Crippen molar-refractivity contribution in [3.63, 3.8) is 0 Å². The van der Waals surface area contributed by atoms with Gasteiger partial charge in [0.2, 0.25) is 0 Å². The number of piperidine rings is 1. The molecule has 4 nitrogen and oxygen atoms in total. The number of hydrogen-bond acceptors (Lipinski definition) is 4. The lowest BCUT2D eigenvalue weighted by Crippen LogP contribution is -2.41. The first-order valence-electron chi connectivity index (χ1n) is 5.87. The zero-order chi connectivity index (χ0) is 13.0. The molecular weight excluding hydrogens is 303 g/mol. The summed E-state index contributed by atoms with van der Waals surface area (Å²) in [6.45, 7) is 0.763. The minimum atomic E-state index is -0.484. The maximum absolute atomic E-state index is 13.6. The number of ether oxygens (including phenoxy) is 1. The predicted octanol–water partition coefficient (Wildman–Crippen LogP) is 2.17. The van der Waals surface area contributed by atoms with E-state index in [1.165, 1.54) is 12.3 Å². The molecule has 18 heavy (non-hydrogen) atoms. The highest BCUT2D eigenvalue weighted by Gasteiger charge is 2.22. The van der Waals surface area contributed by atoms with Crippen molar-refractivity contribution >= 4 is 21.9 Å². The van der Waals surface area contributed by atoms with E-state index in [0.29, 0.717) is 5.56 Å². The second kappa shape index (κ2) is 6.24. The quantitative estimate of drug-likeness (QED) is 0.686. The summed E-state index contributed by atoms with van der Waals surface area (Å²) in [5.74, 6) is -0.802. The minimum Gasteiger partial charge on any atom is -0.460 e. The Morgan fingerprint density at radius 3 is 3.17 bits per heavy atom. The van der Waals surface area contributed by atoms with E-state index in [4.69, 9.17) is 4.74 Å². The van der Waals surface area contributed by atoms with Gasteiger partial charge in [0.05, 0.1) is 0 Å². The molecule has 1 aliphatic heterocycles. The molecule has 1 saturated heterocycles. The van der Waals surface area contributed by atoms with Gasteiger partial charge < -0.3 is 10.1 Å². The van der Waals surface area contributed by atoms with Crippen molar-refractivity contribution in [3.8, 4) is 0 Å². The molecule has 1 aromatic heterocycles. The normalized spacial score (nSPS) is 19.6. The highest BCUT2D eigenvalue weighted by molar-refractivity contribution is 9.10.